The number of esters is 2. The van der Waals surface area contributed by atoms with Crippen molar-refractivity contribution in [2.24, 2.45) is 5.92 Å². The van der Waals surface area contributed by atoms with Gasteiger partial charge in [-0.2, -0.15) is 0 Å². The van der Waals surface area contributed by atoms with E-state index in [9.17, 15) is 69.1 Å². The SMILES string of the molecule is CCCCCCCCCCCCCCCCCCCC(=O)OC[C@@H]1COP(=O)(O)O[C@H]2[C@H](O)[C@@H](O)[C@H](O)[C@@H](C/C=C\CCCC(=O)O1)[C@@H](O)CC(O)O[C@H](/C=C/[C@@H](O)CCCCC)[C@@H](O)[C@H]2OP(=O)(O)O. The van der Waals surface area contributed by atoms with E-state index in [1.807, 2.05) is 6.92 Å². The molecule has 0 aromatic carbocycles. The van der Waals surface area contributed by atoms with Crippen molar-refractivity contribution in [3.8, 4) is 0 Å². The lowest BCUT2D eigenvalue weighted by atomic mass is 9.83. The first-order valence-corrected chi connectivity index (χ1v) is 29.3. The van der Waals surface area contributed by atoms with Gasteiger partial charge < -0.3 is 64.6 Å². The molecule has 2 rings (SSSR count). The average Bonchev–Trinajstić information content (AvgIpc) is 3.31. The highest BCUT2D eigenvalue weighted by Crippen LogP contribution is 2.49. The molecule has 2 heterocycles. The quantitative estimate of drug-likeness (QED) is 0.0170. The highest BCUT2D eigenvalue weighted by molar-refractivity contribution is 7.47. The third-order valence-corrected chi connectivity index (χ3v) is 14.3. The van der Waals surface area contributed by atoms with Crippen LogP contribution in [0.25, 0.3) is 0 Å². The van der Waals surface area contributed by atoms with Gasteiger partial charge in [-0.25, -0.2) is 9.13 Å². The van der Waals surface area contributed by atoms with E-state index in [0.29, 0.717) is 12.8 Å². The van der Waals surface area contributed by atoms with Gasteiger partial charge >= 0.3 is 27.6 Å². The molecule has 2 aliphatic rings. The summed E-state index contributed by atoms with van der Waals surface area (Å²) in [6.45, 7) is 2.57. The summed E-state index contributed by atoms with van der Waals surface area (Å²) in [5.74, 6) is -2.85. The molecule has 2 bridgehead atoms. The number of hydrogen-bond donors (Lipinski definition) is 10. The standard InChI is InChI=1S/C49H90O20P2/c1-3-5-7-8-9-10-11-12-13-14-15-16-17-18-19-20-25-29-41(52)64-34-37-35-65-71(62,63)69-49-47(58)46(57)44(55)38(28-24-21-22-26-30-42(53)66-37)39(51)33-43(54)67-40(32-31-36(50)27-23-6-4-2)45(56)48(49)68-70(59,60)61/h21,24,31-32,36-40,43-51,54-58H,3-20,22-23,25-30,33-35H2,1-2H3,(H,62,63)(H2,59,60,61)/b24-21-,32-31+/t36-,37+,38-,39-,40+,43?,44+,45+,46-,47+,48+,49-/m0/s1. The summed E-state index contributed by atoms with van der Waals surface area (Å²) in [7, 11) is -11.5. The predicted octanol–water partition coefficient (Wildman–Crippen LogP) is 6.62. The lowest BCUT2D eigenvalue weighted by Crippen LogP contribution is -2.58. The number of carbonyl (C=O) groups excluding carboxylic acids is 2. The highest BCUT2D eigenvalue weighted by atomic mass is 31.2. The van der Waals surface area contributed by atoms with E-state index in [2.05, 4.69) is 6.92 Å². The van der Waals surface area contributed by atoms with Gasteiger partial charge in [0.2, 0.25) is 0 Å². The Morgan fingerprint density at radius 1 is 0.803 bits per heavy atom. The Morgan fingerprint density at radius 3 is 1.94 bits per heavy atom. The van der Waals surface area contributed by atoms with Crippen LogP contribution >= 0.6 is 15.6 Å². The predicted molar refractivity (Wildman–Crippen MR) is 263 cm³/mol. The normalized spacial score (nSPS) is 31.0. The lowest BCUT2D eigenvalue weighted by Gasteiger charge is -2.41. The lowest BCUT2D eigenvalue weighted by molar-refractivity contribution is -0.210. The van der Waals surface area contributed by atoms with Gasteiger partial charge in [-0.05, 0) is 32.1 Å². The molecule has 0 radical (unpaired) electrons. The molecule has 22 heteroatoms. The second-order valence-corrected chi connectivity index (χ2v) is 21.7. The molecular formula is C49H90O20P2. The summed E-state index contributed by atoms with van der Waals surface area (Å²) in [4.78, 5) is 56.8. The summed E-state index contributed by atoms with van der Waals surface area (Å²) in [6, 6.07) is 0. The number of hydrogen-bond acceptors (Lipinski definition) is 17. The van der Waals surface area contributed by atoms with Crippen molar-refractivity contribution in [3.05, 3.63) is 24.3 Å². The van der Waals surface area contributed by atoms with Crippen LogP contribution < -0.4 is 0 Å². The van der Waals surface area contributed by atoms with Gasteiger partial charge in [0.1, 0.15) is 43.2 Å². The first-order valence-electron chi connectivity index (χ1n) is 26.3. The number of phosphoric acid groups is 2. The number of ether oxygens (including phenoxy) is 3. The number of aliphatic hydroxyl groups is 7. The van der Waals surface area contributed by atoms with E-state index in [-0.39, 0.29) is 38.5 Å². The molecule has 416 valence electrons. The monoisotopic (exact) mass is 1060 g/mol. The maximum Gasteiger partial charge on any atom is 0.472 e. The van der Waals surface area contributed by atoms with Crippen molar-refractivity contribution >= 4 is 27.6 Å². The number of fused-ring (bicyclic) bond motifs is 4. The highest BCUT2D eigenvalue weighted by Gasteiger charge is 2.50. The van der Waals surface area contributed by atoms with E-state index >= 15 is 0 Å². The summed E-state index contributed by atoms with van der Waals surface area (Å²) >= 11 is 0. The van der Waals surface area contributed by atoms with Crippen LogP contribution in [0.15, 0.2) is 24.3 Å². The molecule has 1 fully saturated rings. The number of carbonyl (C=O) groups is 2. The van der Waals surface area contributed by atoms with E-state index < -0.39 is 120 Å². The molecule has 1 saturated heterocycles. The van der Waals surface area contributed by atoms with Crippen LogP contribution in [0.5, 0.6) is 0 Å². The zero-order valence-corrected chi connectivity index (χ0v) is 44.0. The summed E-state index contributed by atoms with van der Waals surface area (Å²) in [5, 5.41) is 79.0. The molecule has 0 aliphatic carbocycles. The van der Waals surface area contributed by atoms with Crippen LogP contribution in [0.3, 0.4) is 0 Å². The van der Waals surface area contributed by atoms with Gasteiger partial charge in [0, 0.05) is 25.2 Å². The van der Waals surface area contributed by atoms with Gasteiger partial charge in [0.15, 0.2) is 12.4 Å². The van der Waals surface area contributed by atoms with Gasteiger partial charge in [0.05, 0.1) is 24.9 Å². The van der Waals surface area contributed by atoms with Crippen molar-refractivity contribution in [1.82, 2.24) is 0 Å². The maximum absolute atomic E-state index is 13.8. The van der Waals surface area contributed by atoms with Crippen LogP contribution in [-0.4, -0.2) is 143 Å². The van der Waals surface area contributed by atoms with Gasteiger partial charge in [-0.3, -0.25) is 23.2 Å². The second-order valence-electron chi connectivity index (χ2n) is 19.1. The molecule has 0 aromatic heterocycles. The first kappa shape index (κ1) is 65.4. The summed E-state index contributed by atoms with van der Waals surface area (Å²) in [5.41, 5.74) is 0. The third-order valence-electron chi connectivity index (χ3n) is 12.8. The maximum atomic E-state index is 13.8. The Labute approximate surface area is 421 Å². The zero-order chi connectivity index (χ0) is 52.7. The molecule has 0 aromatic rings. The molecule has 20 nitrogen and oxygen atoms in total. The van der Waals surface area contributed by atoms with Gasteiger partial charge in [0.25, 0.3) is 0 Å². The fourth-order valence-corrected chi connectivity index (χ4v) is 10.2. The van der Waals surface area contributed by atoms with Crippen LogP contribution in [-0.2, 0) is 46.5 Å². The zero-order valence-electron chi connectivity index (χ0n) is 42.2. The summed E-state index contributed by atoms with van der Waals surface area (Å²) < 4.78 is 57.8. The fourth-order valence-electron chi connectivity index (χ4n) is 8.66. The van der Waals surface area contributed by atoms with E-state index in [1.165, 1.54) is 83.1 Å². The number of rotatable bonds is 28. The van der Waals surface area contributed by atoms with E-state index in [4.69, 9.17) is 27.8 Å². The Bertz CT molecular complexity index is 1580. The molecule has 10 N–H and O–H groups in total. The summed E-state index contributed by atoms with van der Waals surface area (Å²) in [6.07, 6.45) is 3.64. The number of aliphatic hydroxyl groups excluding tert-OH is 7. The van der Waals surface area contributed by atoms with E-state index in [1.54, 1.807) is 6.08 Å². The van der Waals surface area contributed by atoms with Gasteiger partial charge in [-0.1, -0.05) is 160 Å². The largest absolute Gasteiger partial charge is 0.472 e. The molecule has 71 heavy (non-hydrogen) atoms. The van der Waals surface area contributed by atoms with Crippen molar-refractivity contribution < 1.29 is 96.9 Å². The molecule has 0 amide bonds. The van der Waals surface area contributed by atoms with Crippen LogP contribution in [0.4, 0.5) is 0 Å². The van der Waals surface area contributed by atoms with Crippen LogP contribution in [0, 0.1) is 5.92 Å². The minimum absolute atomic E-state index is 0.0533. The minimum Gasteiger partial charge on any atom is -0.462 e. The molecule has 2 aliphatic heterocycles. The Balaban J connectivity index is 2.23. The van der Waals surface area contributed by atoms with Crippen LogP contribution in [0.2, 0.25) is 0 Å². The Morgan fingerprint density at radius 2 is 1.37 bits per heavy atom. The molecular weight excluding hydrogens is 970 g/mol. The number of allylic oxidation sites excluding steroid dienone is 2. The first-order chi connectivity index (χ1) is 33.8. The number of unbranched alkanes of at least 4 members (excludes halogenated alkanes) is 18. The van der Waals surface area contributed by atoms with Crippen LogP contribution in [0.1, 0.15) is 187 Å². The fraction of sp³-hybridized carbons (Fsp3) is 0.878. The molecule has 0 spiro atoms. The second kappa shape index (κ2) is 37.1. The molecule has 13 atom stereocenters. The Kier molecular flexibility index (Phi) is 34.2. The molecule has 0 saturated carbocycles. The Hall–Kier alpha value is -1.68. The van der Waals surface area contributed by atoms with Crippen molar-refractivity contribution in [2.75, 3.05) is 13.2 Å². The average molecular weight is 1060 g/mol. The van der Waals surface area contributed by atoms with E-state index in [0.717, 1.165) is 50.7 Å². The smallest absolute Gasteiger partial charge is 0.462 e. The van der Waals surface area contributed by atoms with Crippen molar-refractivity contribution in [1.29, 1.82) is 0 Å². The third kappa shape index (κ3) is 29.3. The minimum atomic E-state index is -5.79. The van der Waals surface area contributed by atoms with Crippen molar-refractivity contribution in [2.45, 2.75) is 255 Å². The molecule has 2 unspecified atom stereocenters. The topological polar surface area (TPSA) is 326 Å². The van der Waals surface area contributed by atoms with Gasteiger partial charge in [-0.15, -0.1) is 0 Å². The number of cyclic esters (lactones) is 1. The van der Waals surface area contributed by atoms with Crippen molar-refractivity contribution in [3.63, 3.8) is 0 Å². The number of phosphoric ester groups is 2.